The molecule has 1 aliphatic carbocycles. The third-order valence-electron chi connectivity index (χ3n) is 3.79. The maximum Gasteiger partial charge on any atom is 0.161 e. The monoisotopic (exact) mass is 358 g/mol. The number of hydrogen-bond acceptors (Lipinski definition) is 3. The fourth-order valence-corrected chi connectivity index (χ4v) is 4.47. The second-order valence-corrected chi connectivity index (χ2v) is 7.38. The lowest BCUT2D eigenvalue weighted by molar-refractivity contribution is 0.335. The molecule has 5 heteroatoms. The average Bonchev–Trinajstić information content (AvgIpc) is 2.79. The highest BCUT2D eigenvalue weighted by molar-refractivity contribution is 9.10. The molecule has 0 radical (unpaired) electrons. The Kier molecular flexibility index (Phi) is 4.11. The first-order valence-corrected chi connectivity index (χ1v) is 8.78. The van der Waals surface area contributed by atoms with Crippen LogP contribution in [0.1, 0.15) is 32.1 Å². The van der Waals surface area contributed by atoms with Crippen LogP contribution in [0.3, 0.4) is 0 Å². The molecule has 0 atom stereocenters. The van der Waals surface area contributed by atoms with E-state index in [0.717, 1.165) is 26.1 Å². The van der Waals surface area contributed by atoms with Gasteiger partial charge in [-0.2, -0.15) is 0 Å². The fourth-order valence-electron chi connectivity index (χ4n) is 2.73. The van der Waals surface area contributed by atoms with Crippen LogP contribution in [0.4, 0.5) is 5.69 Å². The Morgan fingerprint density at radius 3 is 2.84 bits per heavy atom. The molecule has 1 saturated carbocycles. The summed E-state index contributed by atoms with van der Waals surface area (Å²) in [6, 6.07) is 5.85. The maximum absolute atomic E-state index is 6.11. The lowest BCUT2D eigenvalue weighted by Gasteiger charge is -2.29. The molecular formula is C14H16BrClN2S. The van der Waals surface area contributed by atoms with Gasteiger partial charge in [0, 0.05) is 5.75 Å². The van der Waals surface area contributed by atoms with Crippen molar-refractivity contribution in [3.05, 3.63) is 27.7 Å². The van der Waals surface area contributed by atoms with Crippen LogP contribution in [-0.2, 0) is 0 Å². The molecule has 0 bridgehead atoms. The van der Waals surface area contributed by atoms with E-state index in [1.165, 1.54) is 32.1 Å². The smallest absolute Gasteiger partial charge is 0.161 e. The molecule has 1 fully saturated rings. The third-order valence-corrected chi connectivity index (χ3v) is 6.34. The van der Waals surface area contributed by atoms with Gasteiger partial charge in [0.1, 0.15) is 0 Å². The van der Waals surface area contributed by atoms with E-state index in [1.54, 1.807) is 0 Å². The quantitative estimate of drug-likeness (QED) is 0.734. The summed E-state index contributed by atoms with van der Waals surface area (Å²) in [5.41, 5.74) is 1.20. The molecule has 1 aromatic rings. The number of aliphatic imine (C=N–C) groups is 1. The number of amidine groups is 1. The number of thioether (sulfide) groups is 1. The van der Waals surface area contributed by atoms with Gasteiger partial charge in [0.2, 0.25) is 0 Å². The van der Waals surface area contributed by atoms with E-state index >= 15 is 0 Å². The molecule has 3 rings (SSSR count). The Morgan fingerprint density at radius 1 is 1.26 bits per heavy atom. The normalized spacial score (nSPS) is 21.5. The minimum absolute atomic E-state index is 0.205. The molecule has 1 heterocycles. The van der Waals surface area contributed by atoms with E-state index in [-0.39, 0.29) is 5.54 Å². The zero-order valence-corrected chi connectivity index (χ0v) is 13.7. The van der Waals surface area contributed by atoms with Crippen LogP contribution in [-0.4, -0.2) is 16.5 Å². The van der Waals surface area contributed by atoms with Crippen LogP contribution in [0.5, 0.6) is 0 Å². The lowest BCUT2D eigenvalue weighted by Crippen LogP contribution is -2.29. The molecule has 2 aliphatic rings. The number of nitrogens with one attached hydrogen (secondary N) is 1. The summed E-state index contributed by atoms with van der Waals surface area (Å²) >= 11 is 11.5. The van der Waals surface area contributed by atoms with E-state index in [2.05, 4.69) is 21.2 Å². The van der Waals surface area contributed by atoms with Crippen LogP contribution in [0.2, 0.25) is 5.02 Å². The predicted molar refractivity (Wildman–Crippen MR) is 88.5 cm³/mol. The van der Waals surface area contributed by atoms with Gasteiger partial charge in [-0.05, 0) is 40.9 Å². The van der Waals surface area contributed by atoms with E-state index in [0.29, 0.717) is 0 Å². The highest BCUT2D eigenvalue weighted by Crippen LogP contribution is 2.40. The first-order valence-electron chi connectivity index (χ1n) is 6.62. The van der Waals surface area contributed by atoms with Crippen molar-refractivity contribution in [1.29, 1.82) is 0 Å². The van der Waals surface area contributed by atoms with Gasteiger partial charge < -0.3 is 5.32 Å². The Balaban J connectivity index is 1.77. The largest absolute Gasteiger partial charge is 0.334 e. The molecule has 0 saturated heterocycles. The van der Waals surface area contributed by atoms with Gasteiger partial charge in [0.15, 0.2) is 5.17 Å². The summed E-state index contributed by atoms with van der Waals surface area (Å²) in [6.07, 6.45) is 6.48. The van der Waals surface area contributed by atoms with Crippen LogP contribution in [0.25, 0.3) is 0 Å². The molecule has 102 valence electrons. The molecule has 19 heavy (non-hydrogen) atoms. The van der Waals surface area contributed by atoms with Crippen molar-refractivity contribution in [1.82, 2.24) is 0 Å². The summed E-state index contributed by atoms with van der Waals surface area (Å²) < 4.78 is 0.907. The third kappa shape index (κ3) is 2.96. The number of halogens is 2. The number of nitrogens with zero attached hydrogens (tertiary/aromatic N) is 1. The fraction of sp³-hybridized carbons (Fsp3) is 0.500. The predicted octanol–water partition coefficient (Wildman–Crippen LogP) is 5.32. The Morgan fingerprint density at radius 2 is 2.05 bits per heavy atom. The second kappa shape index (κ2) is 5.66. The number of benzene rings is 1. The van der Waals surface area contributed by atoms with E-state index in [4.69, 9.17) is 16.6 Å². The van der Waals surface area contributed by atoms with E-state index in [1.807, 2.05) is 30.0 Å². The van der Waals surface area contributed by atoms with Crippen LogP contribution in [0, 0.1) is 0 Å². The standard InChI is InChI=1S/C14H16BrClN2S/c15-12-10(16)5-4-6-11(12)17-13-18-14(9-19-13)7-2-1-3-8-14/h4-6H,1-3,7-9H2,(H,17,18). The van der Waals surface area contributed by atoms with E-state index in [9.17, 15) is 0 Å². The highest BCUT2D eigenvalue weighted by Gasteiger charge is 2.36. The minimum atomic E-state index is 0.205. The van der Waals surface area contributed by atoms with Gasteiger partial charge in [-0.1, -0.05) is 48.7 Å². The van der Waals surface area contributed by atoms with Crippen molar-refractivity contribution >= 4 is 50.1 Å². The Labute approximate surface area is 131 Å². The zero-order chi connectivity index (χ0) is 13.3. The molecular weight excluding hydrogens is 344 g/mol. The van der Waals surface area contributed by atoms with E-state index < -0.39 is 0 Å². The summed E-state index contributed by atoms with van der Waals surface area (Å²) in [6.45, 7) is 0. The molecule has 1 aliphatic heterocycles. The SMILES string of the molecule is Clc1cccc(NC2=NC3(CCCCC3)CS2)c1Br. The summed E-state index contributed by atoms with van der Waals surface area (Å²) in [5, 5.41) is 5.16. The van der Waals surface area contributed by atoms with Crippen molar-refractivity contribution in [2.75, 3.05) is 11.1 Å². The van der Waals surface area contributed by atoms with Crippen molar-refractivity contribution in [3.63, 3.8) is 0 Å². The molecule has 0 aromatic heterocycles. The minimum Gasteiger partial charge on any atom is -0.334 e. The second-order valence-electron chi connectivity index (χ2n) is 5.22. The first kappa shape index (κ1) is 13.8. The van der Waals surface area contributed by atoms with Gasteiger partial charge in [-0.3, -0.25) is 4.99 Å². The van der Waals surface area contributed by atoms with Gasteiger partial charge in [0.25, 0.3) is 0 Å². The van der Waals surface area contributed by atoms with Gasteiger partial charge in [-0.15, -0.1) is 0 Å². The molecule has 2 nitrogen and oxygen atoms in total. The summed E-state index contributed by atoms with van der Waals surface area (Å²) in [4.78, 5) is 4.95. The molecule has 1 spiro atoms. The van der Waals surface area contributed by atoms with Crippen molar-refractivity contribution < 1.29 is 0 Å². The van der Waals surface area contributed by atoms with Crippen LogP contribution >= 0.6 is 39.3 Å². The highest BCUT2D eigenvalue weighted by atomic mass is 79.9. The number of anilines is 1. The molecule has 0 unspecified atom stereocenters. The zero-order valence-electron chi connectivity index (χ0n) is 10.6. The lowest BCUT2D eigenvalue weighted by atomic mass is 9.84. The number of hydrogen-bond donors (Lipinski definition) is 1. The van der Waals surface area contributed by atoms with Crippen LogP contribution < -0.4 is 5.32 Å². The van der Waals surface area contributed by atoms with Crippen molar-refractivity contribution in [2.24, 2.45) is 4.99 Å². The maximum atomic E-state index is 6.11. The van der Waals surface area contributed by atoms with Crippen LogP contribution in [0.15, 0.2) is 27.7 Å². The van der Waals surface area contributed by atoms with Gasteiger partial charge in [-0.25, -0.2) is 0 Å². The summed E-state index contributed by atoms with van der Waals surface area (Å²) in [5.74, 6) is 1.12. The average molecular weight is 360 g/mol. The van der Waals surface area contributed by atoms with Crippen molar-refractivity contribution in [2.45, 2.75) is 37.6 Å². The first-order chi connectivity index (χ1) is 9.19. The Bertz CT molecular complexity index is 512. The van der Waals surface area contributed by atoms with Crippen molar-refractivity contribution in [3.8, 4) is 0 Å². The number of rotatable bonds is 1. The molecule has 0 amide bonds. The summed E-state index contributed by atoms with van der Waals surface area (Å²) in [7, 11) is 0. The topological polar surface area (TPSA) is 24.4 Å². The Hall–Kier alpha value is -0.190. The van der Waals surface area contributed by atoms with Gasteiger partial charge >= 0.3 is 0 Å². The molecule has 1 aromatic carbocycles. The van der Waals surface area contributed by atoms with Gasteiger partial charge in [0.05, 0.1) is 20.7 Å². The molecule has 1 N–H and O–H groups in total.